The summed E-state index contributed by atoms with van der Waals surface area (Å²) in [4.78, 5) is 12.0. The summed E-state index contributed by atoms with van der Waals surface area (Å²) < 4.78 is 0. The van der Waals surface area contributed by atoms with Gasteiger partial charge in [0.2, 0.25) is 5.91 Å². The van der Waals surface area contributed by atoms with Gasteiger partial charge in [-0.1, -0.05) is 20.8 Å². The van der Waals surface area contributed by atoms with E-state index in [0.717, 1.165) is 38.9 Å². The van der Waals surface area contributed by atoms with Crippen LogP contribution in [0.4, 0.5) is 0 Å². The van der Waals surface area contributed by atoms with Crippen molar-refractivity contribution in [3.8, 4) is 0 Å². The average Bonchev–Trinajstić information content (AvgIpc) is 2.18. The molecule has 3 nitrogen and oxygen atoms in total. The van der Waals surface area contributed by atoms with Crippen LogP contribution in [-0.2, 0) is 4.79 Å². The Labute approximate surface area is 93.0 Å². The monoisotopic (exact) mass is 212 g/mol. The number of rotatable bonds is 4. The number of hydrogen-bond acceptors (Lipinski definition) is 2. The molecule has 0 bridgehead atoms. The van der Waals surface area contributed by atoms with Crippen molar-refractivity contribution in [3.05, 3.63) is 0 Å². The summed E-state index contributed by atoms with van der Waals surface area (Å²) in [5.74, 6) is 0.899. The summed E-state index contributed by atoms with van der Waals surface area (Å²) in [6.07, 6.45) is 2.99. The lowest BCUT2D eigenvalue weighted by molar-refractivity contribution is -0.131. The molecule has 0 aliphatic carbocycles. The molecule has 3 heteroatoms. The summed E-state index contributed by atoms with van der Waals surface area (Å²) in [6.45, 7) is 9.19. The van der Waals surface area contributed by atoms with Crippen LogP contribution in [0.3, 0.4) is 0 Å². The van der Waals surface area contributed by atoms with Gasteiger partial charge < -0.3 is 10.6 Å². The van der Waals surface area contributed by atoms with Crippen LogP contribution in [-0.4, -0.2) is 25.5 Å². The number of piperidine rings is 1. The fraction of sp³-hybridized carbons (Fsp3) is 0.917. The predicted molar refractivity (Wildman–Crippen MR) is 62.7 cm³/mol. The van der Waals surface area contributed by atoms with Crippen LogP contribution in [0, 0.1) is 11.3 Å². The molecule has 0 aromatic rings. The minimum Gasteiger partial charge on any atom is -0.356 e. The number of hydrogen-bond donors (Lipinski definition) is 2. The molecule has 1 fully saturated rings. The molecule has 1 heterocycles. The molecule has 88 valence electrons. The van der Waals surface area contributed by atoms with Crippen LogP contribution in [0.25, 0.3) is 0 Å². The van der Waals surface area contributed by atoms with Gasteiger partial charge in [-0.15, -0.1) is 0 Å². The second-order valence-corrected chi connectivity index (χ2v) is 5.25. The largest absolute Gasteiger partial charge is 0.356 e. The Bertz CT molecular complexity index is 208. The predicted octanol–water partition coefficient (Wildman–Crippen LogP) is 1.54. The van der Waals surface area contributed by atoms with Gasteiger partial charge in [0.25, 0.3) is 0 Å². The Morgan fingerprint density at radius 1 is 1.40 bits per heavy atom. The molecule has 1 aliphatic rings. The van der Waals surface area contributed by atoms with Crippen molar-refractivity contribution < 1.29 is 4.79 Å². The minimum absolute atomic E-state index is 0.137. The summed E-state index contributed by atoms with van der Waals surface area (Å²) in [7, 11) is 0. The van der Waals surface area contributed by atoms with E-state index in [0.29, 0.717) is 5.92 Å². The standard InChI is InChI=1S/C12H24N2O/c1-10(2)4-7-14-11(15)12(3)5-8-13-9-6-12/h10,13H,4-9H2,1-3H3,(H,14,15). The molecular weight excluding hydrogens is 188 g/mol. The number of carbonyl (C=O) groups excluding carboxylic acids is 1. The van der Waals surface area contributed by atoms with Gasteiger partial charge in [0.1, 0.15) is 0 Å². The van der Waals surface area contributed by atoms with Crippen LogP contribution in [0.15, 0.2) is 0 Å². The molecular formula is C12H24N2O. The highest BCUT2D eigenvalue weighted by Gasteiger charge is 2.33. The molecule has 0 unspecified atom stereocenters. The summed E-state index contributed by atoms with van der Waals surface area (Å²) in [6, 6.07) is 0. The van der Waals surface area contributed by atoms with Crippen molar-refractivity contribution >= 4 is 5.91 Å². The summed E-state index contributed by atoms with van der Waals surface area (Å²) in [5.41, 5.74) is -0.137. The lowest BCUT2D eigenvalue weighted by Crippen LogP contribution is -2.46. The maximum absolute atomic E-state index is 12.0. The average molecular weight is 212 g/mol. The van der Waals surface area contributed by atoms with Gasteiger partial charge in [0.15, 0.2) is 0 Å². The van der Waals surface area contributed by atoms with Gasteiger partial charge >= 0.3 is 0 Å². The van der Waals surface area contributed by atoms with E-state index in [-0.39, 0.29) is 11.3 Å². The molecule has 0 spiro atoms. The number of nitrogens with one attached hydrogen (secondary N) is 2. The highest BCUT2D eigenvalue weighted by atomic mass is 16.2. The van der Waals surface area contributed by atoms with Gasteiger partial charge in [-0.25, -0.2) is 0 Å². The maximum Gasteiger partial charge on any atom is 0.226 e. The molecule has 0 saturated carbocycles. The third kappa shape index (κ3) is 3.82. The van der Waals surface area contributed by atoms with Crippen LogP contribution in [0.5, 0.6) is 0 Å². The lowest BCUT2D eigenvalue weighted by Gasteiger charge is -2.32. The number of amides is 1. The molecule has 0 aromatic carbocycles. The van der Waals surface area contributed by atoms with Gasteiger partial charge in [-0.05, 0) is 38.3 Å². The van der Waals surface area contributed by atoms with Gasteiger partial charge in [-0.2, -0.15) is 0 Å². The van der Waals surface area contributed by atoms with E-state index in [1.807, 2.05) is 0 Å². The molecule has 2 N–H and O–H groups in total. The highest BCUT2D eigenvalue weighted by Crippen LogP contribution is 2.27. The third-order valence-electron chi connectivity index (χ3n) is 3.26. The Kier molecular flexibility index (Phi) is 4.58. The first-order valence-electron chi connectivity index (χ1n) is 6.03. The normalized spacial score (nSPS) is 20.3. The van der Waals surface area contributed by atoms with Crippen molar-refractivity contribution in [2.75, 3.05) is 19.6 Å². The van der Waals surface area contributed by atoms with Crippen molar-refractivity contribution in [3.63, 3.8) is 0 Å². The van der Waals surface area contributed by atoms with Crippen LogP contribution in [0.1, 0.15) is 40.0 Å². The zero-order valence-electron chi connectivity index (χ0n) is 10.2. The third-order valence-corrected chi connectivity index (χ3v) is 3.26. The molecule has 0 radical (unpaired) electrons. The van der Waals surface area contributed by atoms with E-state index in [4.69, 9.17) is 0 Å². The van der Waals surface area contributed by atoms with Gasteiger partial charge in [-0.3, -0.25) is 4.79 Å². The first-order chi connectivity index (χ1) is 7.04. The highest BCUT2D eigenvalue weighted by molar-refractivity contribution is 5.82. The van der Waals surface area contributed by atoms with Crippen LogP contribution < -0.4 is 10.6 Å². The Balaban J connectivity index is 2.31. The molecule has 1 amide bonds. The van der Waals surface area contributed by atoms with E-state index < -0.39 is 0 Å². The second kappa shape index (κ2) is 5.50. The summed E-state index contributed by atoms with van der Waals surface area (Å²) >= 11 is 0. The Morgan fingerprint density at radius 2 is 2.00 bits per heavy atom. The lowest BCUT2D eigenvalue weighted by atomic mass is 9.80. The molecule has 0 atom stereocenters. The van der Waals surface area contributed by atoms with E-state index in [1.165, 1.54) is 0 Å². The van der Waals surface area contributed by atoms with E-state index in [9.17, 15) is 4.79 Å². The first kappa shape index (κ1) is 12.5. The minimum atomic E-state index is -0.137. The fourth-order valence-corrected chi connectivity index (χ4v) is 1.89. The Hall–Kier alpha value is -0.570. The smallest absolute Gasteiger partial charge is 0.226 e. The van der Waals surface area contributed by atoms with Crippen molar-refractivity contribution in [1.82, 2.24) is 10.6 Å². The quantitative estimate of drug-likeness (QED) is 0.742. The zero-order valence-corrected chi connectivity index (χ0v) is 10.2. The number of carbonyl (C=O) groups is 1. The molecule has 1 rings (SSSR count). The topological polar surface area (TPSA) is 41.1 Å². The second-order valence-electron chi connectivity index (χ2n) is 5.25. The maximum atomic E-state index is 12.0. The Morgan fingerprint density at radius 3 is 2.53 bits per heavy atom. The van der Waals surface area contributed by atoms with E-state index in [2.05, 4.69) is 31.4 Å². The first-order valence-corrected chi connectivity index (χ1v) is 6.03. The van der Waals surface area contributed by atoms with Crippen molar-refractivity contribution in [2.45, 2.75) is 40.0 Å². The molecule has 1 aliphatic heterocycles. The van der Waals surface area contributed by atoms with E-state index >= 15 is 0 Å². The SMILES string of the molecule is CC(C)CCNC(=O)C1(C)CCNCC1. The van der Waals surface area contributed by atoms with Gasteiger partial charge in [0.05, 0.1) is 0 Å². The molecule has 1 saturated heterocycles. The zero-order chi connectivity index (χ0) is 11.3. The summed E-state index contributed by atoms with van der Waals surface area (Å²) in [5, 5.41) is 6.35. The molecule has 15 heavy (non-hydrogen) atoms. The van der Waals surface area contributed by atoms with E-state index in [1.54, 1.807) is 0 Å². The molecule has 0 aromatic heterocycles. The van der Waals surface area contributed by atoms with Crippen molar-refractivity contribution in [1.29, 1.82) is 0 Å². The fourth-order valence-electron chi connectivity index (χ4n) is 1.89. The van der Waals surface area contributed by atoms with Crippen LogP contribution >= 0.6 is 0 Å². The van der Waals surface area contributed by atoms with Gasteiger partial charge in [0, 0.05) is 12.0 Å². The van der Waals surface area contributed by atoms with Crippen molar-refractivity contribution in [2.24, 2.45) is 11.3 Å². The van der Waals surface area contributed by atoms with Crippen LogP contribution in [0.2, 0.25) is 0 Å².